The second-order valence-corrected chi connectivity index (χ2v) is 4.72. The molecule has 0 saturated carbocycles. The van der Waals surface area contributed by atoms with Crippen molar-refractivity contribution in [2.45, 2.75) is 0 Å². The SMILES string of the molecule is Nc1ccc(C(=O)Nc2ccc(Nc3ccccc3)cc2)o1. The molecule has 2 aromatic carbocycles. The molecule has 3 rings (SSSR count). The van der Waals surface area contributed by atoms with Gasteiger partial charge in [0.05, 0.1) is 0 Å². The molecule has 1 heterocycles. The van der Waals surface area contributed by atoms with Gasteiger partial charge in [0, 0.05) is 23.1 Å². The van der Waals surface area contributed by atoms with Crippen molar-refractivity contribution in [3.8, 4) is 0 Å². The van der Waals surface area contributed by atoms with E-state index in [1.807, 2.05) is 54.6 Å². The van der Waals surface area contributed by atoms with Crippen LogP contribution in [0.25, 0.3) is 0 Å². The molecule has 0 aliphatic heterocycles. The lowest BCUT2D eigenvalue weighted by Gasteiger charge is -2.08. The number of amides is 1. The highest BCUT2D eigenvalue weighted by Gasteiger charge is 2.10. The molecule has 0 atom stereocenters. The van der Waals surface area contributed by atoms with Crippen molar-refractivity contribution in [3.63, 3.8) is 0 Å². The van der Waals surface area contributed by atoms with E-state index < -0.39 is 0 Å². The van der Waals surface area contributed by atoms with Crippen LogP contribution in [0.5, 0.6) is 0 Å². The van der Waals surface area contributed by atoms with Crippen molar-refractivity contribution in [2.24, 2.45) is 0 Å². The molecule has 4 N–H and O–H groups in total. The zero-order valence-electron chi connectivity index (χ0n) is 11.7. The molecule has 5 nitrogen and oxygen atoms in total. The number of nitrogens with two attached hydrogens (primary N) is 1. The molecule has 1 aromatic heterocycles. The van der Waals surface area contributed by atoms with Crippen molar-refractivity contribution < 1.29 is 9.21 Å². The van der Waals surface area contributed by atoms with Crippen LogP contribution in [0.2, 0.25) is 0 Å². The van der Waals surface area contributed by atoms with E-state index in [0.29, 0.717) is 5.69 Å². The lowest BCUT2D eigenvalue weighted by Crippen LogP contribution is -2.10. The number of furan rings is 1. The first-order chi connectivity index (χ1) is 10.7. The fourth-order valence-corrected chi connectivity index (χ4v) is 1.99. The number of hydrogen-bond donors (Lipinski definition) is 3. The first-order valence-corrected chi connectivity index (χ1v) is 6.79. The van der Waals surface area contributed by atoms with Gasteiger partial charge in [0.2, 0.25) is 0 Å². The molecule has 0 saturated heterocycles. The van der Waals surface area contributed by atoms with E-state index in [2.05, 4.69) is 10.6 Å². The second kappa shape index (κ2) is 6.05. The average molecular weight is 293 g/mol. The second-order valence-electron chi connectivity index (χ2n) is 4.72. The van der Waals surface area contributed by atoms with Crippen LogP contribution in [-0.4, -0.2) is 5.91 Å². The maximum Gasteiger partial charge on any atom is 0.291 e. The highest BCUT2D eigenvalue weighted by molar-refractivity contribution is 6.02. The zero-order chi connectivity index (χ0) is 15.4. The van der Waals surface area contributed by atoms with Crippen molar-refractivity contribution >= 4 is 28.9 Å². The van der Waals surface area contributed by atoms with E-state index in [4.69, 9.17) is 10.2 Å². The first-order valence-electron chi connectivity index (χ1n) is 6.79. The number of benzene rings is 2. The van der Waals surface area contributed by atoms with Crippen molar-refractivity contribution in [1.82, 2.24) is 0 Å². The lowest BCUT2D eigenvalue weighted by atomic mass is 10.2. The predicted molar refractivity (Wildman–Crippen MR) is 87.2 cm³/mol. The molecule has 0 bridgehead atoms. The van der Waals surface area contributed by atoms with Crippen LogP contribution >= 0.6 is 0 Å². The molecular weight excluding hydrogens is 278 g/mol. The maximum atomic E-state index is 11.9. The Balaban J connectivity index is 1.65. The highest BCUT2D eigenvalue weighted by atomic mass is 16.4. The van der Waals surface area contributed by atoms with E-state index in [-0.39, 0.29) is 17.6 Å². The van der Waals surface area contributed by atoms with Crippen LogP contribution in [0.3, 0.4) is 0 Å². The molecule has 3 aromatic rings. The Morgan fingerprint density at radius 2 is 1.45 bits per heavy atom. The molecule has 0 fully saturated rings. The van der Waals surface area contributed by atoms with Crippen LogP contribution in [0.15, 0.2) is 71.1 Å². The largest absolute Gasteiger partial charge is 0.436 e. The summed E-state index contributed by atoms with van der Waals surface area (Å²) in [5.41, 5.74) is 8.07. The number of rotatable bonds is 4. The molecule has 0 aliphatic carbocycles. The summed E-state index contributed by atoms with van der Waals surface area (Å²) in [6, 6.07) is 20.3. The van der Waals surface area contributed by atoms with Crippen LogP contribution in [0.4, 0.5) is 22.9 Å². The zero-order valence-corrected chi connectivity index (χ0v) is 11.7. The normalized spacial score (nSPS) is 10.2. The number of carbonyl (C=O) groups is 1. The Hall–Kier alpha value is -3.21. The maximum absolute atomic E-state index is 11.9. The van der Waals surface area contributed by atoms with Crippen LogP contribution < -0.4 is 16.4 Å². The number of para-hydroxylation sites is 1. The number of nitrogens with one attached hydrogen (secondary N) is 2. The van der Waals surface area contributed by atoms with E-state index in [0.717, 1.165) is 11.4 Å². The highest BCUT2D eigenvalue weighted by Crippen LogP contribution is 2.19. The summed E-state index contributed by atoms with van der Waals surface area (Å²) in [7, 11) is 0. The minimum absolute atomic E-state index is 0.184. The monoisotopic (exact) mass is 293 g/mol. The summed E-state index contributed by atoms with van der Waals surface area (Å²) in [6.07, 6.45) is 0. The predicted octanol–water partition coefficient (Wildman–Crippen LogP) is 3.86. The molecule has 0 aliphatic rings. The van der Waals surface area contributed by atoms with Crippen LogP contribution in [0.1, 0.15) is 10.6 Å². The third kappa shape index (κ3) is 3.27. The van der Waals surface area contributed by atoms with E-state index in [1.54, 1.807) is 6.07 Å². The van der Waals surface area contributed by atoms with E-state index in [1.165, 1.54) is 6.07 Å². The molecular formula is C17H15N3O2. The quantitative estimate of drug-likeness (QED) is 0.682. The molecule has 5 heteroatoms. The van der Waals surface area contributed by atoms with Gasteiger partial charge in [-0.2, -0.15) is 0 Å². The van der Waals surface area contributed by atoms with Crippen molar-refractivity contribution in [3.05, 3.63) is 72.5 Å². The summed E-state index contributed by atoms with van der Waals surface area (Å²) in [4.78, 5) is 11.9. The third-order valence-electron chi connectivity index (χ3n) is 3.06. The van der Waals surface area contributed by atoms with Gasteiger partial charge >= 0.3 is 0 Å². The number of carbonyl (C=O) groups excluding carboxylic acids is 1. The van der Waals surface area contributed by atoms with Crippen molar-refractivity contribution in [1.29, 1.82) is 0 Å². The summed E-state index contributed by atoms with van der Waals surface area (Å²) >= 11 is 0. The molecule has 1 amide bonds. The molecule has 0 spiro atoms. The van der Waals surface area contributed by atoms with Crippen molar-refractivity contribution in [2.75, 3.05) is 16.4 Å². The summed E-state index contributed by atoms with van der Waals surface area (Å²) in [6.45, 7) is 0. The van der Waals surface area contributed by atoms with E-state index in [9.17, 15) is 4.79 Å². The summed E-state index contributed by atoms with van der Waals surface area (Å²) < 4.78 is 5.07. The molecule has 22 heavy (non-hydrogen) atoms. The Morgan fingerprint density at radius 1 is 0.818 bits per heavy atom. The number of anilines is 4. The van der Waals surface area contributed by atoms with Crippen LogP contribution in [-0.2, 0) is 0 Å². The Labute approximate surface area is 127 Å². The Kier molecular flexibility index (Phi) is 3.78. The topological polar surface area (TPSA) is 80.3 Å². The summed E-state index contributed by atoms with van der Waals surface area (Å²) in [5.74, 6) is 0.0667. The standard InChI is InChI=1S/C17H15N3O2/c18-16-11-10-15(22-16)17(21)20-14-8-6-13(7-9-14)19-12-4-2-1-3-5-12/h1-11,19H,18H2,(H,20,21). The first kappa shape index (κ1) is 13.8. The Morgan fingerprint density at radius 3 is 2.09 bits per heavy atom. The van der Waals surface area contributed by atoms with Crippen LogP contribution in [0, 0.1) is 0 Å². The minimum atomic E-state index is -0.333. The third-order valence-corrected chi connectivity index (χ3v) is 3.06. The Bertz CT molecular complexity index is 764. The van der Waals surface area contributed by atoms with Gasteiger partial charge < -0.3 is 20.8 Å². The van der Waals surface area contributed by atoms with E-state index >= 15 is 0 Å². The van der Waals surface area contributed by atoms with Gasteiger partial charge in [0.25, 0.3) is 5.91 Å². The average Bonchev–Trinajstić information content (AvgIpc) is 2.97. The fraction of sp³-hybridized carbons (Fsp3) is 0. The van der Waals surface area contributed by atoms with Gasteiger partial charge in [-0.05, 0) is 42.5 Å². The summed E-state index contributed by atoms with van der Waals surface area (Å²) in [5, 5.41) is 6.02. The molecule has 110 valence electrons. The van der Waals surface area contributed by atoms with Gasteiger partial charge in [-0.1, -0.05) is 18.2 Å². The number of nitrogen functional groups attached to an aromatic ring is 1. The van der Waals surface area contributed by atoms with Gasteiger partial charge in [-0.25, -0.2) is 0 Å². The van der Waals surface area contributed by atoms with Gasteiger partial charge in [-0.3, -0.25) is 4.79 Å². The molecule has 0 radical (unpaired) electrons. The van der Waals surface area contributed by atoms with Gasteiger partial charge in [0.1, 0.15) is 0 Å². The smallest absolute Gasteiger partial charge is 0.291 e. The minimum Gasteiger partial charge on any atom is -0.436 e. The van der Waals surface area contributed by atoms with Gasteiger partial charge in [0.15, 0.2) is 11.6 Å². The lowest BCUT2D eigenvalue weighted by molar-refractivity contribution is 0.0997. The fourth-order valence-electron chi connectivity index (χ4n) is 1.99. The number of hydrogen-bond acceptors (Lipinski definition) is 4. The molecule has 0 unspecified atom stereocenters. The van der Waals surface area contributed by atoms with Gasteiger partial charge in [-0.15, -0.1) is 0 Å².